The predicted molar refractivity (Wildman–Crippen MR) is 123 cm³/mol. The number of anilines is 1. The average Bonchev–Trinajstić information content (AvgIpc) is 3.53. The van der Waals surface area contributed by atoms with Crippen LogP contribution in [-0.4, -0.2) is 46.9 Å². The summed E-state index contributed by atoms with van der Waals surface area (Å²) in [6, 6.07) is 8.23. The van der Waals surface area contributed by atoms with Gasteiger partial charge in [0.1, 0.15) is 5.75 Å². The van der Waals surface area contributed by atoms with E-state index >= 15 is 0 Å². The van der Waals surface area contributed by atoms with Crippen molar-refractivity contribution in [2.24, 2.45) is 5.92 Å². The molecule has 0 bridgehead atoms. The molecule has 0 spiro atoms. The number of methoxy groups -OCH3 is 1. The number of benzene rings is 1. The Balaban J connectivity index is 1.36. The van der Waals surface area contributed by atoms with Crippen molar-refractivity contribution < 1.29 is 9.53 Å². The maximum Gasteiger partial charge on any atom is 0.225 e. The second-order valence-electron chi connectivity index (χ2n) is 8.62. The van der Waals surface area contributed by atoms with Crippen LogP contribution in [0.3, 0.4) is 0 Å². The standard InChI is InChI=1S/C23H29N5O2S/c1-15-20-21(28(26-15)18-9-11-19(30-2)12-10-18)25-23(31-20)27-13-5-6-16(14-27)22(29)24-17-7-3-4-8-17/h9-12,16-17H,3-8,13-14H2,1-2H3,(H,24,29). The van der Waals surface area contributed by atoms with E-state index in [1.54, 1.807) is 18.4 Å². The normalized spacial score (nSPS) is 19.8. The zero-order valence-electron chi connectivity index (χ0n) is 18.1. The van der Waals surface area contributed by atoms with E-state index in [1.807, 2.05) is 35.9 Å². The smallest absolute Gasteiger partial charge is 0.225 e. The summed E-state index contributed by atoms with van der Waals surface area (Å²) in [6.07, 6.45) is 6.69. The molecule has 2 aromatic heterocycles. The van der Waals surface area contributed by atoms with Crippen LogP contribution in [0.5, 0.6) is 5.75 Å². The SMILES string of the molecule is COc1ccc(-n2nc(C)c3sc(N4CCCC(C(=O)NC5CCCC5)C4)nc32)cc1. The van der Waals surface area contributed by atoms with Crippen LogP contribution in [0.4, 0.5) is 5.13 Å². The largest absolute Gasteiger partial charge is 0.497 e. The predicted octanol–water partition coefficient (Wildman–Crippen LogP) is 4.07. The van der Waals surface area contributed by atoms with E-state index < -0.39 is 0 Å². The molecule has 1 aromatic carbocycles. The van der Waals surface area contributed by atoms with E-state index in [9.17, 15) is 4.79 Å². The van der Waals surface area contributed by atoms with Gasteiger partial charge in [-0.15, -0.1) is 0 Å². The van der Waals surface area contributed by atoms with Gasteiger partial charge in [-0.1, -0.05) is 24.2 Å². The molecule has 2 aliphatic rings. The quantitative estimate of drug-likeness (QED) is 0.649. The summed E-state index contributed by atoms with van der Waals surface area (Å²) in [4.78, 5) is 20.1. The Labute approximate surface area is 186 Å². The number of hydrogen-bond donors (Lipinski definition) is 1. The summed E-state index contributed by atoms with van der Waals surface area (Å²) in [5.41, 5.74) is 2.81. The minimum Gasteiger partial charge on any atom is -0.497 e. The number of carbonyl (C=O) groups excluding carboxylic acids is 1. The Morgan fingerprint density at radius 1 is 1.16 bits per heavy atom. The van der Waals surface area contributed by atoms with E-state index in [4.69, 9.17) is 14.8 Å². The van der Waals surface area contributed by atoms with Gasteiger partial charge in [0.15, 0.2) is 10.8 Å². The first-order valence-corrected chi connectivity index (χ1v) is 12.0. The zero-order valence-corrected chi connectivity index (χ0v) is 19.0. The first-order valence-electron chi connectivity index (χ1n) is 11.2. The lowest BCUT2D eigenvalue weighted by Crippen LogP contribution is -2.45. The maximum atomic E-state index is 12.8. The van der Waals surface area contributed by atoms with Crippen molar-refractivity contribution in [1.82, 2.24) is 20.1 Å². The molecule has 3 aromatic rings. The first-order chi connectivity index (χ1) is 15.1. The Bertz CT molecular complexity index is 1070. The third kappa shape index (κ3) is 4.01. The van der Waals surface area contributed by atoms with E-state index in [2.05, 4.69) is 10.2 Å². The molecular formula is C23H29N5O2S. The molecular weight excluding hydrogens is 410 g/mol. The van der Waals surface area contributed by atoms with Crippen molar-refractivity contribution in [2.45, 2.75) is 51.5 Å². The van der Waals surface area contributed by atoms with Gasteiger partial charge in [0.05, 0.1) is 29.1 Å². The third-order valence-electron chi connectivity index (χ3n) is 6.46. The fourth-order valence-corrected chi connectivity index (χ4v) is 5.74. The van der Waals surface area contributed by atoms with E-state index in [0.29, 0.717) is 6.04 Å². The van der Waals surface area contributed by atoms with Gasteiger partial charge in [-0.25, -0.2) is 4.68 Å². The Kier molecular flexibility index (Phi) is 5.56. The lowest BCUT2D eigenvalue weighted by atomic mass is 9.97. The maximum absolute atomic E-state index is 12.8. The van der Waals surface area contributed by atoms with Crippen LogP contribution in [0.1, 0.15) is 44.2 Å². The van der Waals surface area contributed by atoms with E-state index in [0.717, 1.165) is 71.4 Å². The Morgan fingerprint density at radius 2 is 1.94 bits per heavy atom. The number of fused-ring (bicyclic) bond motifs is 1. The number of hydrogen-bond acceptors (Lipinski definition) is 6. The van der Waals surface area contributed by atoms with Crippen molar-refractivity contribution in [3.8, 4) is 11.4 Å². The highest BCUT2D eigenvalue weighted by Gasteiger charge is 2.30. The van der Waals surface area contributed by atoms with Crippen LogP contribution in [0.2, 0.25) is 0 Å². The minimum absolute atomic E-state index is 0.0422. The summed E-state index contributed by atoms with van der Waals surface area (Å²) < 4.78 is 8.27. The first kappa shape index (κ1) is 20.3. The van der Waals surface area contributed by atoms with Crippen LogP contribution >= 0.6 is 11.3 Å². The highest BCUT2D eigenvalue weighted by atomic mass is 32.1. The number of piperidine rings is 1. The molecule has 0 radical (unpaired) electrons. The van der Waals surface area contributed by atoms with Gasteiger partial charge in [-0.2, -0.15) is 10.1 Å². The lowest BCUT2D eigenvalue weighted by Gasteiger charge is -2.32. The molecule has 1 saturated heterocycles. The number of amides is 1. The van der Waals surface area contributed by atoms with Crippen molar-refractivity contribution in [1.29, 1.82) is 0 Å². The number of thiazole rings is 1. The number of aromatic nitrogens is 3. The second kappa shape index (κ2) is 8.49. The molecule has 7 nitrogen and oxygen atoms in total. The van der Waals surface area contributed by atoms with Gasteiger partial charge >= 0.3 is 0 Å². The van der Waals surface area contributed by atoms with Gasteiger partial charge in [0.25, 0.3) is 0 Å². The van der Waals surface area contributed by atoms with Gasteiger partial charge in [0.2, 0.25) is 5.91 Å². The molecule has 3 heterocycles. The average molecular weight is 440 g/mol. The van der Waals surface area contributed by atoms with Crippen molar-refractivity contribution in [2.75, 3.05) is 25.1 Å². The molecule has 1 saturated carbocycles. The Hall–Kier alpha value is -2.61. The molecule has 1 amide bonds. The van der Waals surface area contributed by atoms with Crippen LogP contribution in [-0.2, 0) is 4.79 Å². The molecule has 1 unspecified atom stereocenters. The number of nitrogens with zero attached hydrogens (tertiary/aromatic N) is 4. The van der Waals surface area contributed by atoms with Gasteiger partial charge in [-0.3, -0.25) is 4.79 Å². The number of aryl methyl sites for hydroxylation is 1. The summed E-state index contributed by atoms with van der Waals surface area (Å²) in [5.74, 6) is 1.08. The van der Waals surface area contributed by atoms with E-state index in [-0.39, 0.29) is 11.8 Å². The number of nitrogens with one attached hydrogen (secondary N) is 1. The molecule has 2 fully saturated rings. The molecule has 1 aliphatic carbocycles. The van der Waals surface area contributed by atoms with Crippen LogP contribution in [0, 0.1) is 12.8 Å². The van der Waals surface area contributed by atoms with Crippen molar-refractivity contribution in [3.63, 3.8) is 0 Å². The highest BCUT2D eigenvalue weighted by molar-refractivity contribution is 7.22. The second-order valence-corrected chi connectivity index (χ2v) is 9.60. The van der Waals surface area contributed by atoms with Gasteiger partial charge in [-0.05, 0) is 56.9 Å². The zero-order chi connectivity index (χ0) is 21.4. The number of ether oxygens (including phenoxy) is 1. The summed E-state index contributed by atoms with van der Waals surface area (Å²) >= 11 is 1.68. The molecule has 5 rings (SSSR count). The van der Waals surface area contributed by atoms with Crippen molar-refractivity contribution >= 4 is 32.7 Å². The number of carbonyl (C=O) groups is 1. The third-order valence-corrected chi connectivity index (χ3v) is 7.67. The van der Waals surface area contributed by atoms with Crippen LogP contribution in [0.15, 0.2) is 24.3 Å². The van der Waals surface area contributed by atoms with Gasteiger partial charge < -0.3 is 15.0 Å². The summed E-state index contributed by atoms with van der Waals surface area (Å²) in [7, 11) is 1.66. The fraction of sp³-hybridized carbons (Fsp3) is 0.522. The van der Waals surface area contributed by atoms with Crippen LogP contribution in [0.25, 0.3) is 16.0 Å². The summed E-state index contributed by atoms with van der Waals surface area (Å²) in [5, 5.41) is 8.97. The van der Waals surface area contributed by atoms with Gasteiger partial charge in [0, 0.05) is 19.1 Å². The molecule has 1 N–H and O–H groups in total. The number of rotatable bonds is 5. The highest BCUT2D eigenvalue weighted by Crippen LogP contribution is 2.34. The monoisotopic (exact) mass is 439 g/mol. The van der Waals surface area contributed by atoms with Crippen LogP contribution < -0.4 is 15.0 Å². The summed E-state index contributed by atoms with van der Waals surface area (Å²) in [6.45, 7) is 3.71. The molecule has 8 heteroatoms. The minimum atomic E-state index is 0.0422. The topological polar surface area (TPSA) is 72.3 Å². The Morgan fingerprint density at radius 3 is 2.68 bits per heavy atom. The molecule has 1 aliphatic heterocycles. The van der Waals surface area contributed by atoms with Crippen molar-refractivity contribution in [3.05, 3.63) is 30.0 Å². The molecule has 31 heavy (non-hydrogen) atoms. The van der Waals surface area contributed by atoms with E-state index in [1.165, 1.54) is 12.8 Å². The fourth-order valence-electron chi connectivity index (χ4n) is 4.72. The molecule has 164 valence electrons. The molecule has 1 atom stereocenters. The lowest BCUT2D eigenvalue weighted by molar-refractivity contribution is -0.125.